The normalized spacial score (nSPS) is 22.4. The van der Waals surface area contributed by atoms with Crippen LogP contribution in [0.5, 0.6) is 0 Å². The summed E-state index contributed by atoms with van der Waals surface area (Å²) in [4.78, 5) is 12.2. The molecule has 2 rings (SSSR count). The molecule has 134 valence electrons. The number of allylic oxidation sites excluding steroid dienone is 4. The first-order valence-corrected chi connectivity index (χ1v) is 7.60. The van der Waals surface area contributed by atoms with E-state index in [-0.39, 0.29) is 11.5 Å². The number of methoxy groups -OCH3 is 4. The third kappa shape index (κ3) is 3.43. The van der Waals surface area contributed by atoms with Crippen LogP contribution in [0.2, 0.25) is 0 Å². The van der Waals surface area contributed by atoms with Crippen molar-refractivity contribution in [3.63, 3.8) is 0 Å². The van der Waals surface area contributed by atoms with Crippen molar-refractivity contribution in [2.24, 2.45) is 0 Å². The van der Waals surface area contributed by atoms with E-state index in [1.54, 1.807) is 36.4 Å². The predicted octanol–water partition coefficient (Wildman–Crippen LogP) is 2.22. The van der Waals surface area contributed by atoms with E-state index in [4.69, 9.17) is 18.9 Å². The molecule has 25 heavy (non-hydrogen) atoms. The summed E-state index contributed by atoms with van der Waals surface area (Å²) in [6.07, 6.45) is 5.98. The molecule has 0 saturated heterocycles. The average molecular weight is 346 g/mol. The second-order valence-corrected chi connectivity index (χ2v) is 5.35. The summed E-state index contributed by atoms with van der Waals surface area (Å²) >= 11 is 0. The fourth-order valence-corrected chi connectivity index (χ4v) is 2.72. The van der Waals surface area contributed by atoms with Gasteiger partial charge < -0.3 is 24.1 Å². The second-order valence-electron chi connectivity index (χ2n) is 5.35. The van der Waals surface area contributed by atoms with Crippen molar-refractivity contribution >= 4 is 5.78 Å². The average Bonchev–Trinajstić information content (AvgIpc) is 2.66. The van der Waals surface area contributed by atoms with Crippen molar-refractivity contribution < 1.29 is 28.8 Å². The predicted molar refractivity (Wildman–Crippen MR) is 91.8 cm³/mol. The van der Waals surface area contributed by atoms with E-state index in [1.807, 2.05) is 6.07 Å². The SMILES string of the molecule is COC1=CC(C=CC(=O)c2ccccc2)=CC(O)(OC)C1(OC)OC. The smallest absolute Gasteiger partial charge is 0.287 e. The van der Waals surface area contributed by atoms with Crippen LogP contribution in [0.1, 0.15) is 10.4 Å². The van der Waals surface area contributed by atoms with Gasteiger partial charge in [0.1, 0.15) is 0 Å². The van der Waals surface area contributed by atoms with Gasteiger partial charge in [0.2, 0.25) is 5.79 Å². The first kappa shape index (κ1) is 19.1. The maximum Gasteiger partial charge on any atom is 0.287 e. The largest absolute Gasteiger partial charge is 0.495 e. The highest BCUT2D eigenvalue weighted by Crippen LogP contribution is 2.41. The Labute approximate surface area is 147 Å². The van der Waals surface area contributed by atoms with Gasteiger partial charge >= 0.3 is 0 Å². The van der Waals surface area contributed by atoms with Crippen LogP contribution in [-0.4, -0.2) is 50.9 Å². The maximum atomic E-state index is 12.2. The molecule has 1 aromatic rings. The lowest BCUT2D eigenvalue weighted by atomic mass is 9.92. The number of hydrogen-bond acceptors (Lipinski definition) is 6. The number of ether oxygens (including phenoxy) is 4. The molecule has 1 aliphatic carbocycles. The molecule has 1 aliphatic rings. The van der Waals surface area contributed by atoms with E-state index >= 15 is 0 Å². The van der Waals surface area contributed by atoms with Gasteiger partial charge in [0.15, 0.2) is 11.5 Å². The first-order chi connectivity index (χ1) is 12.0. The van der Waals surface area contributed by atoms with Crippen molar-refractivity contribution in [1.29, 1.82) is 0 Å². The quantitative estimate of drug-likeness (QED) is 0.464. The van der Waals surface area contributed by atoms with Crippen molar-refractivity contribution in [3.8, 4) is 0 Å². The topological polar surface area (TPSA) is 74.2 Å². The van der Waals surface area contributed by atoms with Crippen LogP contribution in [0.25, 0.3) is 0 Å². The summed E-state index contributed by atoms with van der Waals surface area (Å²) in [7, 11) is 5.48. The number of aliphatic hydroxyl groups is 1. The number of hydrogen-bond donors (Lipinski definition) is 1. The van der Waals surface area contributed by atoms with Crippen LogP contribution in [0.4, 0.5) is 0 Å². The van der Waals surface area contributed by atoms with Crippen LogP contribution in [-0.2, 0) is 18.9 Å². The number of carbonyl (C=O) groups excluding carboxylic acids is 1. The van der Waals surface area contributed by atoms with Crippen molar-refractivity contribution in [1.82, 2.24) is 0 Å². The van der Waals surface area contributed by atoms with Crippen LogP contribution in [0.3, 0.4) is 0 Å². The van der Waals surface area contributed by atoms with Gasteiger partial charge in [-0.2, -0.15) is 0 Å². The summed E-state index contributed by atoms with van der Waals surface area (Å²) < 4.78 is 21.2. The second kappa shape index (κ2) is 7.76. The standard InChI is InChI=1S/C19H22O6/c1-22-17-12-14(10-11-16(20)15-8-6-5-7-9-15)13-18(21,23-2)19(17,24-3)25-4/h5-13,21H,1-4H3. The molecule has 0 radical (unpaired) electrons. The van der Waals surface area contributed by atoms with E-state index < -0.39 is 11.6 Å². The highest BCUT2D eigenvalue weighted by molar-refractivity contribution is 6.04. The number of benzene rings is 1. The Hall–Kier alpha value is -2.25. The summed E-state index contributed by atoms with van der Waals surface area (Å²) in [5.41, 5.74) is 1.08. The summed E-state index contributed by atoms with van der Waals surface area (Å²) in [5.74, 6) is -3.55. The molecular weight excluding hydrogens is 324 g/mol. The lowest BCUT2D eigenvalue weighted by Gasteiger charge is -2.44. The minimum atomic E-state index is -1.94. The Morgan fingerprint density at radius 2 is 1.68 bits per heavy atom. The Morgan fingerprint density at radius 3 is 2.20 bits per heavy atom. The van der Waals surface area contributed by atoms with Crippen molar-refractivity contribution in [2.45, 2.75) is 11.6 Å². The molecule has 0 bridgehead atoms. The van der Waals surface area contributed by atoms with Crippen LogP contribution in [0, 0.1) is 0 Å². The third-order valence-electron chi connectivity index (χ3n) is 4.05. The third-order valence-corrected chi connectivity index (χ3v) is 4.05. The van der Waals surface area contributed by atoms with Crippen LogP contribution in [0.15, 0.2) is 66.0 Å². The highest BCUT2D eigenvalue weighted by Gasteiger charge is 2.57. The van der Waals surface area contributed by atoms with Crippen LogP contribution < -0.4 is 0 Å². The van der Waals surface area contributed by atoms with Gasteiger partial charge in [-0.15, -0.1) is 0 Å². The van der Waals surface area contributed by atoms with Gasteiger partial charge in [-0.1, -0.05) is 36.4 Å². The Kier molecular flexibility index (Phi) is 5.92. The van der Waals surface area contributed by atoms with Gasteiger partial charge in [-0.05, 0) is 23.8 Å². The molecule has 1 atom stereocenters. The van der Waals surface area contributed by atoms with Crippen LogP contribution >= 0.6 is 0 Å². The zero-order valence-electron chi connectivity index (χ0n) is 14.7. The molecule has 1 N–H and O–H groups in total. The maximum absolute atomic E-state index is 12.2. The molecule has 6 heteroatoms. The van der Waals surface area contributed by atoms with Crippen molar-refractivity contribution in [2.75, 3.05) is 28.4 Å². The molecule has 0 spiro atoms. The molecule has 0 fully saturated rings. The Balaban J connectivity index is 2.37. The molecule has 0 aliphatic heterocycles. The molecule has 0 heterocycles. The molecule has 1 unspecified atom stereocenters. The zero-order valence-corrected chi connectivity index (χ0v) is 14.7. The number of ketones is 1. The Morgan fingerprint density at radius 1 is 1.04 bits per heavy atom. The summed E-state index contributed by atoms with van der Waals surface area (Å²) in [5, 5.41) is 10.9. The van der Waals surface area contributed by atoms with E-state index in [0.717, 1.165) is 0 Å². The number of rotatable bonds is 7. The van der Waals surface area contributed by atoms with E-state index in [1.165, 1.54) is 40.6 Å². The lowest BCUT2D eigenvalue weighted by Crippen LogP contribution is -2.59. The van der Waals surface area contributed by atoms with Gasteiger partial charge in [0.25, 0.3) is 5.79 Å². The molecule has 0 aromatic heterocycles. The minimum Gasteiger partial charge on any atom is -0.495 e. The van der Waals surface area contributed by atoms with E-state index in [2.05, 4.69) is 0 Å². The lowest BCUT2D eigenvalue weighted by molar-refractivity contribution is -0.352. The van der Waals surface area contributed by atoms with E-state index in [9.17, 15) is 9.90 Å². The molecule has 1 aromatic carbocycles. The minimum absolute atomic E-state index is 0.162. The van der Waals surface area contributed by atoms with E-state index in [0.29, 0.717) is 11.1 Å². The fourth-order valence-electron chi connectivity index (χ4n) is 2.72. The first-order valence-electron chi connectivity index (χ1n) is 7.60. The molecule has 0 saturated carbocycles. The summed E-state index contributed by atoms with van der Waals surface area (Å²) in [6, 6.07) is 8.87. The molecule has 0 amide bonds. The highest BCUT2D eigenvalue weighted by atomic mass is 16.8. The summed E-state index contributed by atoms with van der Waals surface area (Å²) in [6.45, 7) is 0. The van der Waals surface area contributed by atoms with Gasteiger partial charge in [-0.3, -0.25) is 4.79 Å². The van der Waals surface area contributed by atoms with Gasteiger partial charge in [-0.25, -0.2) is 0 Å². The Bertz CT molecular complexity index is 700. The van der Waals surface area contributed by atoms with Crippen molar-refractivity contribution in [3.05, 3.63) is 71.5 Å². The molecule has 6 nitrogen and oxygen atoms in total. The zero-order chi connectivity index (χ0) is 18.5. The number of carbonyl (C=O) groups is 1. The molecular formula is C19H22O6. The monoisotopic (exact) mass is 346 g/mol. The van der Waals surface area contributed by atoms with Gasteiger partial charge in [0, 0.05) is 26.9 Å². The fraction of sp³-hybridized carbons (Fsp3) is 0.316. The van der Waals surface area contributed by atoms with Gasteiger partial charge in [0.05, 0.1) is 7.11 Å².